The third kappa shape index (κ3) is 1.84. The first-order chi connectivity index (χ1) is 8.75. The molecule has 0 unspecified atom stereocenters. The Bertz CT molecular complexity index is 707. The number of nitrogens with zero attached hydrogens (tertiary/aromatic N) is 3. The first-order valence-corrected chi connectivity index (χ1v) is 6.21. The zero-order valence-corrected chi connectivity index (χ0v) is 11.2. The lowest BCUT2D eigenvalue weighted by molar-refractivity contribution is 1.19. The lowest BCUT2D eigenvalue weighted by Crippen LogP contribution is -1.97. The Kier molecular flexibility index (Phi) is 2.71. The fourth-order valence-electron chi connectivity index (χ4n) is 1.73. The van der Waals surface area contributed by atoms with Crippen LogP contribution in [0, 0.1) is 6.92 Å². The predicted octanol–water partition coefficient (Wildman–Crippen LogP) is 3.17. The Morgan fingerprint density at radius 1 is 1.22 bits per heavy atom. The van der Waals surface area contributed by atoms with Crippen molar-refractivity contribution in [3.05, 3.63) is 40.9 Å². The molecule has 1 aromatic carbocycles. The largest absolute Gasteiger partial charge is 0.340 e. The molecule has 0 amide bonds. The van der Waals surface area contributed by atoms with E-state index in [0.717, 1.165) is 27.1 Å². The first kappa shape index (κ1) is 11.2. The summed E-state index contributed by atoms with van der Waals surface area (Å²) in [4.78, 5) is 15.5. The van der Waals surface area contributed by atoms with E-state index in [1.165, 1.54) is 6.33 Å². The molecule has 0 saturated heterocycles. The van der Waals surface area contributed by atoms with Crippen LogP contribution in [-0.2, 0) is 0 Å². The summed E-state index contributed by atoms with van der Waals surface area (Å²) >= 11 is 3.51. The van der Waals surface area contributed by atoms with Crippen LogP contribution in [0.4, 0.5) is 11.5 Å². The lowest BCUT2D eigenvalue weighted by Gasteiger charge is -2.10. The van der Waals surface area contributed by atoms with Crippen LogP contribution in [-0.4, -0.2) is 19.9 Å². The Hall–Kier alpha value is -1.95. The summed E-state index contributed by atoms with van der Waals surface area (Å²) in [5.41, 5.74) is 3.58. The van der Waals surface area contributed by atoms with Gasteiger partial charge in [-0.3, -0.25) is 0 Å². The van der Waals surface area contributed by atoms with Gasteiger partial charge in [-0.25, -0.2) is 15.0 Å². The number of benzene rings is 1. The third-order valence-corrected chi connectivity index (χ3v) is 3.60. The van der Waals surface area contributed by atoms with Crippen LogP contribution < -0.4 is 5.32 Å². The molecule has 2 heterocycles. The molecule has 6 heteroatoms. The minimum Gasteiger partial charge on any atom is -0.340 e. The number of aromatic amines is 1. The van der Waals surface area contributed by atoms with Crippen LogP contribution in [0.25, 0.3) is 11.2 Å². The van der Waals surface area contributed by atoms with Gasteiger partial charge >= 0.3 is 0 Å². The van der Waals surface area contributed by atoms with Crippen molar-refractivity contribution in [1.29, 1.82) is 0 Å². The number of H-pyrrole nitrogens is 1. The average molecular weight is 304 g/mol. The second kappa shape index (κ2) is 4.38. The summed E-state index contributed by atoms with van der Waals surface area (Å²) in [6, 6.07) is 5.99. The van der Waals surface area contributed by atoms with E-state index in [4.69, 9.17) is 0 Å². The fraction of sp³-hybridized carbons (Fsp3) is 0.0833. The normalized spacial score (nSPS) is 10.8. The van der Waals surface area contributed by atoms with Crippen molar-refractivity contribution < 1.29 is 0 Å². The molecule has 18 heavy (non-hydrogen) atoms. The third-order valence-electron chi connectivity index (χ3n) is 2.74. The van der Waals surface area contributed by atoms with Gasteiger partial charge in [0.05, 0.1) is 6.33 Å². The highest BCUT2D eigenvalue weighted by Crippen LogP contribution is 2.27. The van der Waals surface area contributed by atoms with Crippen molar-refractivity contribution in [1.82, 2.24) is 19.9 Å². The van der Waals surface area contributed by atoms with Gasteiger partial charge in [0.15, 0.2) is 11.5 Å². The van der Waals surface area contributed by atoms with Crippen molar-refractivity contribution in [2.75, 3.05) is 5.32 Å². The standard InChI is InChI=1S/C12H10BrN5/c1-7-8(13)3-2-4-9(7)18-12-10-11(15-5-14-10)16-6-17-12/h2-6H,1H3,(H2,14,15,16,17,18). The smallest absolute Gasteiger partial charge is 0.182 e. The number of anilines is 2. The highest BCUT2D eigenvalue weighted by Gasteiger charge is 2.08. The van der Waals surface area contributed by atoms with Crippen LogP contribution in [0.3, 0.4) is 0 Å². The van der Waals surface area contributed by atoms with Crippen molar-refractivity contribution in [2.45, 2.75) is 6.92 Å². The van der Waals surface area contributed by atoms with E-state index in [9.17, 15) is 0 Å². The maximum absolute atomic E-state index is 4.24. The molecule has 0 bridgehead atoms. The van der Waals surface area contributed by atoms with Gasteiger partial charge in [0, 0.05) is 10.2 Å². The van der Waals surface area contributed by atoms with Gasteiger partial charge in [0.25, 0.3) is 0 Å². The summed E-state index contributed by atoms with van der Waals surface area (Å²) in [6.07, 6.45) is 3.11. The van der Waals surface area contributed by atoms with Crippen molar-refractivity contribution in [2.24, 2.45) is 0 Å². The molecule has 2 aromatic heterocycles. The topological polar surface area (TPSA) is 66.5 Å². The Morgan fingerprint density at radius 2 is 2.11 bits per heavy atom. The number of aromatic nitrogens is 4. The van der Waals surface area contributed by atoms with E-state index in [1.807, 2.05) is 25.1 Å². The van der Waals surface area contributed by atoms with Gasteiger partial charge < -0.3 is 10.3 Å². The molecule has 0 spiro atoms. The number of rotatable bonds is 2. The van der Waals surface area contributed by atoms with Crippen LogP contribution in [0.5, 0.6) is 0 Å². The molecule has 5 nitrogen and oxygen atoms in total. The van der Waals surface area contributed by atoms with Crippen molar-refractivity contribution in [3.8, 4) is 0 Å². The molecule has 0 fully saturated rings. The molecule has 0 atom stereocenters. The number of fused-ring (bicyclic) bond motifs is 1. The van der Waals surface area contributed by atoms with Crippen LogP contribution in [0.15, 0.2) is 35.3 Å². The molecule has 0 radical (unpaired) electrons. The van der Waals surface area contributed by atoms with E-state index in [1.54, 1.807) is 6.33 Å². The van der Waals surface area contributed by atoms with Gasteiger partial charge in [0.2, 0.25) is 0 Å². The molecule has 3 rings (SSSR count). The number of halogens is 1. The minimum atomic E-state index is 0.653. The van der Waals surface area contributed by atoms with E-state index >= 15 is 0 Å². The molecule has 0 aliphatic carbocycles. The van der Waals surface area contributed by atoms with Crippen LogP contribution in [0.1, 0.15) is 5.56 Å². The fourth-order valence-corrected chi connectivity index (χ4v) is 2.10. The Balaban J connectivity index is 2.06. The predicted molar refractivity (Wildman–Crippen MR) is 73.8 cm³/mol. The highest BCUT2D eigenvalue weighted by molar-refractivity contribution is 9.10. The summed E-state index contributed by atoms with van der Waals surface area (Å²) in [6.45, 7) is 2.04. The second-order valence-electron chi connectivity index (χ2n) is 3.86. The van der Waals surface area contributed by atoms with Gasteiger partial charge in [0.1, 0.15) is 11.8 Å². The molecule has 0 aliphatic rings. The lowest BCUT2D eigenvalue weighted by atomic mass is 10.2. The molecular formula is C12H10BrN5. The van der Waals surface area contributed by atoms with Crippen LogP contribution >= 0.6 is 15.9 Å². The highest BCUT2D eigenvalue weighted by atomic mass is 79.9. The molecule has 3 aromatic rings. The summed E-state index contributed by atoms with van der Waals surface area (Å²) < 4.78 is 1.06. The average Bonchev–Trinajstić information content (AvgIpc) is 2.84. The first-order valence-electron chi connectivity index (χ1n) is 5.42. The maximum Gasteiger partial charge on any atom is 0.182 e. The summed E-state index contributed by atoms with van der Waals surface area (Å²) in [5, 5.41) is 3.29. The second-order valence-corrected chi connectivity index (χ2v) is 4.72. The quantitative estimate of drug-likeness (QED) is 0.763. The van der Waals surface area contributed by atoms with E-state index in [0.29, 0.717) is 5.65 Å². The number of hydrogen-bond donors (Lipinski definition) is 2. The van der Waals surface area contributed by atoms with Crippen molar-refractivity contribution >= 4 is 38.6 Å². The van der Waals surface area contributed by atoms with Crippen molar-refractivity contribution in [3.63, 3.8) is 0 Å². The number of nitrogens with one attached hydrogen (secondary N) is 2. The minimum absolute atomic E-state index is 0.653. The van der Waals surface area contributed by atoms with Gasteiger partial charge in [-0.1, -0.05) is 22.0 Å². The van der Waals surface area contributed by atoms with Gasteiger partial charge in [-0.05, 0) is 24.6 Å². The summed E-state index contributed by atoms with van der Waals surface area (Å²) in [5.74, 6) is 0.721. The Labute approximate surface area is 112 Å². The summed E-state index contributed by atoms with van der Waals surface area (Å²) in [7, 11) is 0. The molecule has 2 N–H and O–H groups in total. The SMILES string of the molecule is Cc1c(Br)cccc1Nc1ncnc2nc[nH]c12. The van der Waals surface area contributed by atoms with Gasteiger partial charge in [-0.2, -0.15) is 0 Å². The monoisotopic (exact) mass is 303 g/mol. The molecule has 0 aliphatic heterocycles. The zero-order valence-electron chi connectivity index (χ0n) is 9.61. The van der Waals surface area contributed by atoms with Crippen LogP contribution in [0.2, 0.25) is 0 Å². The molecule has 0 saturated carbocycles. The maximum atomic E-state index is 4.24. The molecular weight excluding hydrogens is 294 g/mol. The Morgan fingerprint density at radius 3 is 3.00 bits per heavy atom. The number of imidazole rings is 1. The van der Waals surface area contributed by atoms with E-state index in [-0.39, 0.29) is 0 Å². The van der Waals surface area contributed by atoms with Gasteiger partial charge in [-0.15, -0.1) is 0 Å². The number of hydrogen-bond acceptors (Lipinski definition) is 4. The van der Waals surface area contributed by atoms with E-state index < -0.39 is 0 Å². The van der Waals surface area contributed by atoms with E-state index in [2.05, 4.69) is 41.2 Å². The molecule has 90 valence electrons. The zero-order chi connectivity index (χ0) is 12.5.